The second-order valence-corrected chi connectivity index (χ2v) is 24.1. The molecular formula is C70H53BN4Se. The zero-order chi connectivity index (χ0) is 59.0. The van der Waals surface area contributed by atoms with Gasteiger partial charge in [0.1, 0.15) is 0 Å². The van der Waals surface area contributed by atoms with Crippen molar-refractivity contribution < 1.29 is 11.0 Å². The van der Waals surface area contributed by atoms with E-state index in [1.54, 1.807) is 10.6 Å². The van der Waals surface area contributed by atoms with Crippen molar-refractivity contribution in [2.75, 3.05) is 4.90 Å². The fourth-order valence-electron chi connectivity index (χ4n) is 11.2. The molecule has 0 saturated carbocycles. The molecule has 0 N–H and O–H groups in total. The number of fused-ring (bicyclic) bond motifs is 7. The van der Waals surface area contributed by atoms with Gasteiger partial charge in [0.2, 0.25) is 0 Å². The summed E-state index contributed by atoms with van der Waals surface area (Å²) in [5.74, 6) is 0. The summed E-state index contributed by atoms with van der Waals surface area (Å²) in [4.78, 5) is 6.11. The first-order valence-corrected chi connectivity index (χ1v) is 27.2. The summed E-state index contributed by atoms with van der Waals surface area (Å²) in [6.45, 7) is 21.1. The minimum atomic E-state index is -0.501. The molecule has 0 saturated heterocycles. The second kappa shape index (κ2) is 18.0. The van der Waals surface area contributed by atoms with Crippen LogP contribution in [0.1, 0.15) is 69.2 Å². The van der Waals surface area contributed by atoms with Crippen LogP contribution in [0.5, 0.6) is 0 Å². The third kappa shape index (κ3) is 7.88. The number of rotatable bonds is 6. The molecule has 0 amide bonds. The molecule has 6 heteroatoms. The Balaban J connectivity index is 1.21. The zero-order valence-corrected chi connectivity index (χ0v) is 44.6. The van der Waals surface area contributed by atoms with Gasteiger partial charge in [0.05, 0.1) is 0 Å². The van der Waals surface area contributed by atoms with E-state index in [0.717, 1.165) is 86.9 Å². The predicted octanol–water partition coefficient (Wildman–Crippen LogP) is 14.7. The number of aromatic nitrogens is 1. The Bertz CT molecular complexity index is 4540. The van der Waals surface area contributed by atoms with Gasteiger partial charge in [0.15, 0.2) is 0 Å². The SMILES string of the molecule is [2H]c1c([2H])c([2H])c2c(c1[2H])c1c([2H])c([2H])c([2H])c([2H])c1n2-c1cc2c3c(c1)N(c1c(-c4ccccc4)cccc1-c1ccccc1)c1ccc(-c4cc(C(C)(C)C)cc(C(C)(C)C)c4)cc1B3c1cc(-c3cc(C#N)cc([N+]#[C-])c3)ccc1[Se]2. The molecule has 0 aliphatic carbocycles. The standard InChI is InChI=1S/C70H53BN4Se/c1-69(2,3)51-35-50(36-52(40-51)70(4,5)6)47-29-31-63-59(38-47)71-60-39-48(49-33-44(43-72)34-53(37-49)73-7)30-32-65(60)76-66-42-54(74-61-27-16-14-23-57(61)58-24-15-17-28-62(58)74)41-64(67(66)71)75(63)68-55(45-19-10-8-11-20-45)25-18-26-56(68)46-21-12-9-13-22-46/h8-42H,1-6H3/i14D,15D,16D,17D,23D,24D,27D,28D. The van der Waals surface area contributed by atoms with Gasteiger partial charge in [-0.3, -0.25) is 0 Å². The summed E-state index contributed by atoms with van der Waals surface area (Å²) in [5.41, 5.74) is 16.8. The first-order valence-electron chi connectivity index (χ1n) is 29.4. The van der Waals surface area contributed by atoms with E-state index in [9.17, 15) is 10.7 Å². The Morgan fingerprint density at radius 2 is 1.12 bits per heavy atom. The van der Waals surface area contributed by atoms with Crippen molar-refractivity contribution >= 4 is 91.5 Å². The number of nitriles is 1. The average Bonchev–Trinajstić information content (AvgIpc) is 1.47. The molecule has 10 aromatic carbocycles. The summed E-state index contributed by atoms with van der Waals surface area (Å²) in [6, 6.07) is 55.4. The van der Waals surface area contributed by atoms with Crippen molar-refractivity contribution in [3.8, 4) is 56.3 Å². The van der Waals surface area contributed by atoms with E-state index in [1.807, 2.05) is 54.6 Å². The molecule has 3 heterocycles. The molecule has 362 valence electrons. The molecule has 0 radical (unpaired) electrons. The van der Waals surface area contributed by atoms with E-state index in [2.05, 4.69) is 160 Å². The molecule has 4 nitrogen and oxygen atoms in total. The van der Waals surface area contributed by atoms with Crippen molar-refractivity contribution in [2.45, 2.75) is 52.4 Å². The van der Waals surface area contributed by atoms with Gasteiger partial charge in [-0.05, 0) is 0 Å². The molecule has 13 rings (SSSR count). The van der Waals surface area contributed by atoms with Crippen LogP contribution >= 0.6 is 0 Å². The Kier molecular flexibility index (Phi) is 9.23. The van der Waals surface area contributed by atoms with Gasteiger partial charge >= 0.3 is 466 Å². The Morgan fingerprint density at radius 3 is 1.71 bits per heavy atom. The van der Waals surface area contributed by atoms with Gasteiger partial charge in [-0.25, -0.2) is 0 Å². The van der Waals surface area contributed by atoms with Crippen molar-refractivity contribution in [1.82, 2.24) is 4.57 Å². The van der Waals surface area contributed by atoms with Gasteiger partial charge in [-0.15, -0.1) is 0 Å². The van der Waals surface area contributed by atoms with E-state index >= 15 is 0 Å². The molecule has 0 unspecified atom stereocenters. The fraction of sp³-hybridized carbons (Fsp3) is 0.114. The third-order valence-corrected chi connectivity index (χ3v) is 17.4. The Hall–Kier alpha value is -8.64. The molecule has 2 aliphatic heterocycles. The number of anilines is 3. The zero-order valence-electron chi connectivity index (χ0n) is 50.9. The molecule has 11 aromatic rings. The normalized spacial score (nSPS) is 14.2. The fourth-order valence-corrected chi connectivity index (χ4v) is 13.7. The molecule has 0 bridgehead atoms. The first kappa shape index (κ1) is 38.9. The molecule has 0 atom stereocenters. The number of benzene rings is 10. The molecule has 76 heavy (non-hydrogen) atoms. The summed E-state index contributed by atoms with van der Waals surface area (Å²) in [6.07, 6.45) is 0. The Morgan fingerprint density at radius 1 is 0.539 bits per heavy atom. The number of para-hydroxylation sites is 3. The topological polar surface area (TPSA) is 36.3 Å². The maximum absolute atomic E-state index is 10.2. The number of nitrogens with zero attached hydrogens (tertiary/aromatic N) is 4. The van der Waals surface area contributed by atoms with Crippen LogP contribution in [0.3, 0.4) is 0 Å². The van der Waals surface area contributed by atoms with E-state index in [1.165, 1.54) is 11.1 Å². The quantitative estimate of drug-likeness (QED) is 0.123. The molecule has 2 aliphatic rings. The molecule has 0 fully saturated rings. The van der Waals surface area contributed by atoms with Gasteiger partial charge in [0, 0.05) is 0 Å². The number of hydrogen-bond acceptors (Lipinski definition) is 2. The average molecular weight is 1050 g/mol. The minimum absolute atomic E-state index is 0.0122. The summed E-state index contributed by atoms with van der Waals surface area (Å²) in [7, 11) is 0. The maximum atomic E-state index is 10.2. The van der Waals surface area contributed by atoms with Crippen LogP contribution in [0.4, 0.5) is 22.7 Å². The van der Waals surface area contributed by atoms with Gasteiger partial charge in [-0.2, -0.15) is 0 Å². The van der Waals surface area contributed by atoms with E-state index < -0.39 is 57.9 Å². The third-order valence-electron chi connectivity index (χ3n) is 15.0. The van der Waals surface area contributed by atoms with Crippen LogP contribution < -0.4 is 30.2 Å². The van der Waals surface area contributed by atoms with Crippen LogP contribution in [-0.2, 0) is 10.8 Å². The van der Waals surface area contributed by atoms with Gasteiger partial charge < -0.3 is 0 Å². The van der Waals surface area contributed by atoms with Crippen LogP contribution in [0.2, 0.25) is 0 Å². The van der Waals surface area contributed by atoms with Crippen LogP contribution in [0.25, 0.3) is 76.8 Å². The Labute approximate surface area is 463 Å². The van der Waals surface area contributed by atoms with E-state index in [4.69, 9.17) is 12.1 Å². The van der Waals surface area contributed by atoms with E-state index in [-0.39, 0.29) is 44.7 Å². The van der Waals surface area contributed by atoms with E-state index in [0.29, 0.717) is 16.9 Å². The van der Waals surface area contributed by atoms with Gasteiger partial charge in [0.25, 0.3) is 0 Å². The number of hydrogen-bond donors (Lipinski definition) is 0. The summed E-state index contributed by atoms with van der Waals surface area (Å²) < 4.78 is 77.4. The predicted molar refractivity (Wildman–Crippen MR) is 322 cm³/mol. The van der Waals surface area contributed by atoms with Crippen molar-refractivity contribution in [3.63, 3.8) is 0 Å². The second-order valence-electron chi connectivity index (χ2n) is 21.8. The monoisotopic (exact) mass is 1050 g/mol. The first-order chi connectivity index (χ1) is 40.2. The van der Waals surface area contributed by atoms with Crippen molar-refractivity contribution in [1.29, 1.82) is 5.26 Å². The van der Waals surface area contributed by atoms with Crippen LogP contribution in [0, 0.1) is 17.9 Å². The van der Waals surface area contributed by atoms with Crippen molar-refractivity contribution in [3.05, 3.63) is 240 Å². The van der Waals surface area contributed by atoms with Crippen molar-refractivity contribution in [2.24, 2.45) is 0 Å². The summed E-state index contributed by atoms with van der Waals surface area (Å²) in [5, 5.41) is 10.2. The van der Waals surface area contributed by atoms with Crippen LogP contribution in [0.15, 0.2) is 212 Å². The van der Waals surface area contributed by atoms with Crippen LogP contribution in [-0.4, -0.2) is 26.2 Å². The summed E-state index contributed by atoms with van der Waals surface area (Å²) >= 11 is -0.442. The molecular weight excluding hydrogens is 987 g/mol. The molecule has 0 spiro atoms. The molecule has 1 aromatic heterocycles. The van der Waals surface area contributed by atoms with Gasteiger partial charge in [-0.1, -0.05) is 0 Å².